The third-order valence-electron chi connectivity index (χ3n) is 5.04. The van der Waals surface area contributed by atoms with Crippen molar-refractivity contribution in [3.63, 3.8) is 0 Å². The van der Waals surface area contributed by atoms with Gasteiger partial charge in [-0.1, -0.05) is 48.0 Å². The predicted molar refractivity (Wildman–Crippen MR) is 107 cm³/mol. The molecule has 0 aliphatic carbocycles. The van der Waals surface area contributed by atoms with Gasteiger partial charge in [0, 0.05) is 10.8 Å². The molecule has 0 radical (unpaired) electrons. The van der Waals surface area contributed by atoms with Gasteiger partial charge in [-0.15, -0.1) is 0 Å². The van der Waals surface area contributed by atoms with Crippen molar-refractivity contribution in [2.45, 2.75) is 13.8 Å². The molecule has 2 aromatic heterocycles. The van der Waals surface area contributed by atoms with E-state index in [4.69, 9.17) is 0 Å². The zero-order valence-corrected chi connectivity index (χ0v) is 15.0. The highest BCUT2D eigenvalue weighted by atomic mass is 16.2. The molecule has 0 fully saturated rings. The highest BCUT2D eigenvalue weighted by molar-refractivity contribution is 6.05. The van der Waals surface area contributed by atoms with Crippen LogP contribution >= 0.6 is 0 Å². The first kappa shape index (κ1) is 15.6. The van der Waals surface area contributed by atoms with Crippen LogP contribution in [0.5, 0.6) is 0 Å². The molecule has 132 valence electrons. The van der Waals surface area contributed by atoms with Gasteiger partial charge in [0.05, 0.1) is 16.7 Å². The molecular weight excluding hydrogens is 338 g/mol. The summed E-state index contributed by atoms with van der Waals surface area (Å²) < 4.78 is 4.21. The van der Waals surface area contributed by atoms with Gasteiger partial charge < -0.3 is 0 Å². The Labute approximate surface area is 154 Å². The molecule has 5 rings (SSSR count). The fraction of sp³-hybridized carbons (Fsp3) is 0.0909. The molecule has 0 unspecified atom stereocenters. The zero-order valence-electron chi connectivity index (χ0n) is 15.0. The standard InChI is InChI=1S/C22H17N3O2/c1-14-12-15(2)20-18(13-14)17-10-6-7-11-19(17)24-21(26)23(22(27)25(20)24)16-8-4-3-5-9-16/h3-13H,1-2H3. The number of hydrogen-bond donors (Lipinski definition) is 0. The fourth-order valence-corrected chi connectivity index (χ4v) is 3.98. The summed E-state index contributed by atoms with van der Waals surface area (Å²) in [4.78, 5) is 26.6. The number of para-hydroxylation sites is 2. The monoisotopic (exact) mass is 355 g/mol. The average molecular weight is 355 g/mol. The first-order valence-electron chi connectivity index (χ1n) is 8.82. The van der Waals surface area contributed by atoms with Gasteiger partial charge in [0.25, 0.3) is 0 Å². The zero-order chi connectivity index (χ0) is 18.7. The van der Waals surface area contributed by atoms with Crippen LogP contribution in [0.2, 0.25) is 0 Å². The third-order valence-corrected chi connectivity index (χ3v) is 5.04. The first-order valence-corrected chi connectivity index (χ1v) is 8.82. The van der Waals surface area contributed by atoms with Crippen molar-refractivity contribution in [3.05, 3.63) is 98.8 Å². The molecule has 0 amide bonds. The van der Waals surface area contributed by atoms with Gasteiger partial charge in [-0.05, 0) is 43.7 Å². The van der Waals surface area contributed by atoms with Crippen molar-refractivity contribution in [2.75, 3.05) is 0 Å². The normalized spacial score (nSPS) is 11.6. The second kappa shape index (κ2) is 5.45. The molecule has 0 atom stereocenters. The van der Waals surface area contributed by atoms with E-state index in [9.17, 15) is 9.59 Å². The molecule has 0 aliphatic rings. The summed E-state index contributed by atoms with van der Waals surface area (Å²) in [5.74, 6) is 0. The Bertz CT molecular complexity index is 1470. The quantitative estimate of drug-likeness (QED) is 0.432. The van der Waals surface area contributed by atoms with E-state index in [-0.39, 0.29) is 11.4 Å². The maximum Gasteiger partial charge on any atom is 0.356 e. The van der Waals surface area contributed by atoms with E-state index < -0.39 is 0 Å². The van der Waals surface area contributed by atoms with E-state index in [2.05, 4.69) is 6.07 Å². The van der Waals surface area contributed by atoms with Gasteiger partial charge in [-0.2, -0.15) is 9.03 Å². The summed E-state index contributed by atoms with van der Waals surface area (Å²) in [6.45, 7) is 4.01. The van der Waals surface area contributed by atoms with E-state index in [0.29, 0.717) is 11.2 Å². The molecule has 0 bridgehead atoms. The van der Waals surface area contributed by atoms with Gasteiger partial charge in [-0.25, -0.2) is 14.2 Å². The topological polar surface area (TPSA) is 47.9 Å². The third kappa shape index (κ3) is 2.05. The molecule has 5 aromatic rings. The summed E-state index contributed by atoms with van der Waals surface area (Å²) in [5, 5.41) is 1.92. The molecule has 0 aliphatic heterocycles. The Hall–Kier alpha value is -3.60. The van der Waals surface area contributed by atoms with Gasteiger partial charge >= 0.3 is 11.4 Å². The smallest absolute Gasteiger partial charge is 0.245 e. The summed E-state index contributed by atoms with van der Waals surface area (Å²) in [7, 11) is 0. The van der Waals surface area contributed by atoms with Crippen LogP contribution < -0.4 is 11.4 Å². The van der Waals surface area contributed by atoms with Crippen LogP contribution in [-0.2, 0) is 0 Å². The minimum atomic E-state index is -0.371. The Kier molecular flexibility index (Phi) is 3.15. The fourth-order valence-electron chi connectivity index (χ4n) is 3.98. The van der Waals surface area contributed by atoms with E-state index in [1.807, 2.05) is 62.4 Å². The molecule has 2 heterocycles. The lowest BCUT2D eigenvalue weighted by Crippen LogP contribution is -2.25. The summed E-state index contributed by atoms with van der Waals surface area (Å²) in [6, 6.07) is 20.8. The van der Waals surface area contributed by atoms with Crippen molar-refractivity contribution in [1.29, 1.82) is 0 Å². The van der Waals surface area contributed by atoms with Crippen LogP contribution in [0.1, 0.15) is 11.1 Å². The van der Waals surface area contributed by atoms with Crippen LogP contribution in [0.15, 0.2) is 76.3 Å². The van der Waals surface area contributed by atoms with Crippen LogP contribution in [0.25, 0.3) is 27.5 Å². The number of aryl methyl sites for hydroxylation is 2. The van der Waals surface area contributed by atoms with Gasteiger partial charge in [0.1, 0.15) is 0 Å². The lowest BCUT2D eigenvalue weighted by atomic mass is 10.0. The van der Waals surface area contributed by atoms with Gasteiger partial charge in [0.2, 0.25) is 0 Å². The van der Waals surface area contributed by atoms with Gasteiger partial charge in [0.15, 0.2) is 0 Å². The summed E-state index contributed by atoms with van der Waals surface area (Å²) >= 11 is 0. The molecule has 27 heavy (non-hydrogen) atoms. The molecule has 3 aromatic carbocycles. The summed E-state index contributed by atoms with van der Waals surface area (Å²) in [5.41, 5.74) is 3.37. The largest absolute Gasteiger partial charge is 0.356 e. The highest BCUT2D eigenvalue weighted by Gasteiger charge is 2.19. The van der Waals surface area contributed by atoms with E-state index in [0.717, 1.165) is 27.4 Å². The predicted octanol–water partition coefficient (Wildman–Crippen LogP) is 3.47. The Morgan fingerprint density at radius 1 is 0.704 bits per heavy atom. The van der Waals surface area contributed by atoms with Crippen molar-refractivity contribution >= 4 is 21.8 Å². The van der Waals surface area contributed by atoms with Crippen LogP contribution in [0.3, 0.4) is 0 Å². The SMILES string of the molecule is Cc1cc(C)c2c(c1)c1ccccc1n1c(=O)n(-c3ccccc3)c(=O)n21. The molecule has 0 saturated heterocycles. The molecule has 5 nitrogen and oxygen atoms in total. The maximum absolute atomic E-state index is 13.3. The van der Waals surface area contributed by atoms with Crippen molar-refractivity contribution in [1.82, 2.24) is 13.6 Å². The number of rotatable bonds is 1. The van der Waals surface area contributed by atoms with Crippen molar-refractivity contribution < 1.29 is 0 Å². The number of hydrogen-bond acceptors (Lipinski definition) is 2. The lowest BCUT2D eigenvalue weighted by molar-refractivity contribution is 0.835. The summed E-state index contributed by atoms with van der Waals surface area (Å²) in [6.07, 6.45) is 0. The van der Waals surface area contributed by atoms with Gasteiger partial charge in [-0.3, -0.25) is 0 Å². The molecule has 0 N–H and O–H groups in total. The lowest BCUT2D eigenvalue weighted by Gasteiger charge is -2.11. The Morgan fingerprint density at radius 2 is 1.37 bits per heavy atom. The highest BCUT2D eigenvalue weighted by Crippen LogP contribution is 2.27. The van der Waals surface area contributed by atoms with Crippen LogP contribution in [0, 0.1) is 13.8 Å². The Morgan fingerprint density at radius 3 is 2.15 bits per heavy atom. The van der Waals surface area contributed by atoms with E-state index in [1.165, 1.54) is 13.6 Å². The molecule has 0 spiro atoms. The number of aromatic nitrogens is 3. The van der Waals surface area contributed by atoms with E-state index >= 15 is 0 Å². The first-order chi connectivity index (χ1) is 13.1. The van der Waals surface area contributed by atoms with Crippen LogP contribution in [0.4, 0.5) is 0 Å². The second-order valence-electron chi connectivity index (χ2n) is 6.85. The molecule has 5 heteroatoms. The van der Waals surface area contributed by atoms with Crippen LogP contribution in [-0.4, -0.2) is 13.6 Å². The number of fused-ring (bicyclic) bond motifs is 6. The number of nitrogens with zero attached hydrogens (tertiary/aromatic N) is 3. The average Bonchev–Trinajstić information content (AvgIpc) is 2.93. The second-order valence-corrected chi connectivity index (χ2v) is 6.85. The van der Waals surface area contributed by atoms with E-state index in [1.54, 1.807) is 12.1 Å². The van der Waals surface area contributed by atoms with Crippen molar-refractivity contribution in [2.24, 2.45) is 0 Å². The molecular formula is C22H17N3O2. The minimum Gasteiger partial charge on any atom is -0.245 e. The molecule has 0 saturated carbocycles. The minimum absolute atomic E-state index is 0.367. The maximum atomic E-state index is 13.3. The Balaban J connectivity index is 2.16. The van der Waals surface area contributed by atoms with Crippen molar-refractivity contribution in [3.8, 4) is 5.69 Å². The number of benzene rings is 3.